The maximum absolute atomic E-state index is 11.8. The van der Waals surface area contributed by atoms with Crippen LogP contribution in [0.4, 0.5) is 10.5 Å². The number of benzene rings is 2. The number of H-pyrrole nitrogens is 1. The van der Waals surface area contributed by atoms with E-state index in [4.69, 9.17) is 4.74 Å². The summed E-state index contributed by atoms with van der Waals surface area (Å²) in [5, 5.41) is 5.05. The van der Waals surface area contributed by atoms with Crippen molar-refractivity contribution in [2.75, 3.05) is 11.9 Å². The van der Waals surface area contributed by atoms with Gasteiger partial charge in [-0.05, 0) is 25.1 Å². The molecule has 0 spiro atoms. The number of aromatic nitrogens is 2. The van der Waals surface area contributed by atoms with Crippen LogP contribution in [0.15, 0.2) is 60.8 Å². The van der Waals surface area contributed by atoms with Crippen LogP contribution in [0, 0.1) is 0 Å². The molecule has 2 aromatic carbocycles. The van der Waals surface area contributed by atoms with Gasteiger partial charge in [0.25, 0.3) is 0 Å². The number of carbonyl (C=O) groups is 1. The molecule has 0 fully saturated rings. The van der Waals surface area contributed by atoms with Gasteiger partial charge < -0.3 is 9.72 Å². The number of hydrogen-bond acceptors (Lipinski definition) is 3. The minimum absolute atomic E-state index is 0.323. The average molecular weight is 331 g/mol. The van der Waals surface area contributed by atoms with E-state index in [9.17, 15) is 4.79 Å². The van der Waals surface area contributed by atoms with Crippen molar-refractivity contribution in [3.8, 4) is 11.3 Å². The molecule has 124 valence electrons. The van der Waals surface area contributed by atoms with Crippen LogP contribution in [0.25, 0.3) is 33.1 Å². The summed E-state index contributed by atoms with van der Waals surface area (Å²) >= 11 is 0. The zero-order chi connectivity index (χ0) is 17.2. The first-order chi connectivity index (χ1) is 12.3. The summed E-state index contributed by atoms with van der Waals surface area (Å²) in [4.78, 5) is 19.8. The summed E-state index contributed by atoms with van der Waals surface area (Å²) in [5.74, 6) is 0. The summed E-state index contributed by atoms with van der Waals surface area (Å²) in [6.07, 6.45) is 1.32. The number of amides is 1. The third-order valence-corrected chi connectivity index (χ3v) is 4.12. The number of rotatable bonds is 3. The number of nitrogens with one attached hydrogen (secondary N) is 2. The van der Waals surface area contributed by atoms with Crippen molar-refractivity contribution < 1.29 is 9.53 Å². The van der Waals surface area contributed by atoms with Crippen LogP contribution < -0.4 is 5.32 Å². The first-order valence-corrected chi connectivity index (χ1v) is 8.16. The molecule has 4 rings (SSSR count). The molecule has 4 aromatic rings. The smallest absolute Gasteiger partial charge is 0.411 e. The molecule has 0 radical (unpaired) electrons. The van der Waals surface area contributed by atoms with E-state index in [0.29, 0.717) is 12.3 Å². The Morgan fingerprint density at radius 3 is 2.76 bits per heavy atom. The maximum atomic E-state index is 11.8. The van der Waals surface area contributed by atoms with Gasteiger partial charge in [0, 0.05) is 28.0 Å². The van der Waals surface area contributed by atoms with Gasteiger partial charge in [0.15, 0.2) is 0 Å². The molecule has 0 aliphatic carbocycles. The highest BCUT2D eigenvalue weighted by Crippen LogP contribution is 2.34. The fraction of sp³-hybridized carbons (Fsp3) is 0.100. The van der Waals surface area contributed by atoms with Crippen LogP contribution in [0.2, 0.25) is 0 Å². The average Bonchev–Trinajstić information content (AvgIpc) is 3.01. The standard InChI is InChI=1S/C20H17N3O2/c1-2-25-20(24)23-17-10-6-4-8-15(17)18-19-14(11-12-21-18)13-7-3-5-9-16(13)22-19/h3-12,22H,2H2,1H3,(H,23,24). The van der Waals surface area contributed by atoms with E-state index < -0.39 is 6.09 Å². The number of carbonyl (C=O) groups excluding carboxylic acids is 1. The number of para-hydroxylation sites is 2. The van der Waals surface area contributed by atoms with E-state index in [-0.39, 0.29) is 0 Å². The Hall–Kier alpha value is -3.34. The van der Waals surface area contributed by atoms with Crippen molar-refractivity contribution in [3.05, 3.63) is 60.8 Å². The topological polar surface area (TPSA) is 67.0 Å². The summed E-state index contributed by atoms with van der Waals surface area (Å²) in [5.41, 5.74) is 4.30. The Morgan fingerprint density at radius 1 is 1.08 bits per heavy atom. The lowest BCUT2D eigenvalue weighted by atomic mass is 10.1. The van der Waals surface area contributed by atoms with Gasteiger partial charge in [0.05, 0.1) is 23.5 Å². The lowest BCUT2D eigenvalue weighted by molar-refractivity contribution is 0.168. The highest BCUT2D eigenvalue weighted by atomic mass is 16.5. The van der Waals surface area contributed by atoms with Gasteiger partial charge in [0.1, 0.15) is 0 Å². The molecule has 0 bridgehead atoms. The molecule has 5 heteroatoms. The van der Waals surface area contributed by atoms with Crippen molar-refractivity contribution in [1.29, 1.82) is 0 Å². The molecule has 25 heavy (non-hydrogen) atoms. The van der Waals surface area contributed by atoms with E-state index in [1.807, 2.05) is 48.5 Å². The number of anilines is 1. The predicted molar refractivity (Wildman–Crippen MR) is 99.7 cm³/mol. The fourth-order valence-electron chi connectivity index (χ4n) is 3.05. The fourth-order valence-corrected chi connectivity index (χ4v) is 3.05. The summed E-state index contributed by atoms with van der Waals surface area (Å²) in [6.45, 7) is 2.10. The maximum Gasteiger partial charge on any atom is 0.411 e. The number of fused-ring (bicyclic) bond motifs is 3. The zero-order valence-electron chi connectivity index (χ0n) is 13.7. The minimum Gasteiger partial charge on any atom is -0.450 e. The second kappa shape index (κ2) is 6.28. The van der Waals surface area contributed by atoms with Crippen LogP contribution >= 0.6 is 0 Å². The molecule has 2 N–H and O–H groups in total. The molecule has 0 saturated heterocycles. The van der Waals surface area contributed by atoms with Crippen molar-refractivity contribution in [1.82, 2.24) is 9.97 Å². The van der Waals surface area contributed by atoms with E-state index in [0.717, 1.165) is 33.1 Å². The molecule has 0 saturated carbocycles. The van der Waals surface area contributed by atoms with Crippen molar-refractivity contribution in [3.63, 3.8) is 0 Å². The number of ether oxygens (including phenoxy) is 1. The third-order valence-electron chi connectivity index (χ3n) is 4.12. The van der Waals surface area contributed by atoms with Crippen LogP contribution in [0.1, 0.15) is 6.92 Å². The molecule has 0 aliphatic heterocycles. The molecule has 0 aliphatic rings. The van der Waals surface area contributed by atoms with Gasteiger partial charge in [-0.3, -0.25) is 10.3 Å². The third kappa shape index (κ3) is 2.70. The summed E-state index contributed by atoms with van der Waals surface area (Å²) in [6, 6.07) is 17.7. The Labute approximate surface area is 144 Å². The monoisotopic (exact) mass is 331 g/mol. The molecule has 0 unspecified atom stereocenters. The number of pyridine rings is 1. The Kier molecular flexibility index (Phi) is 3.82. The predicted octanol–water partition coefficient (Wildman–Crippen LogP) is 4.95. The van der Waals surface area contributed by atoms with Crippen LogP contribution in [-0.4, -0.2) is 22.7 Å². The van der Waals surface area contributed by atoms with Crippen LogP contribution in [0.3, 0.4) is 0 Å². The van der Waals surface area contributed by atoms with Crippen LogP contribution in [-0.2, 0) is 4.74 Å². The van der Waals surface area contributed by atoms with E-state index in [1.54, 1.807) is 13.1 Å². The van der Waals surface area contributed by atoms with Gasteiger partial charge in [0.2, 0.25) is 0 Å². The first-order valence-electron chi connectivity index (χ1n) is 8.16. The van der Waals surface area contributed by atoms with Gasteiger partial charge in [-0.1, -0.05) is 36.4 Å². The number of hydrogen-bond donors (Lipinski definition) is 2. The lowest BCUT2D eigenvalue weighted by Crippen LogP contribution is -2.14. The molecule has 2 heterocycles. The van der Waals surface area contributed by atoms with Crippen LogP contribution in [0.5, 0.6) is 0 Å². The highest BCUT2D eigenvalue weighted by Gasteiger charge is 2.14. The SMILES string of the molecule is CCOC(=O)Nc1ccccc1-c1nccc2c1[nH]c1ccccc12. The quantitative estimate of drug-likeness (QED) is 0.558. The van der Waals surface area contributed by atoms with Crippen molar-refractivity contribution >= 4 is 33.6 Å². The first kappa shape index (κ1) is 15.2. The van der Waals surface area contributed by atoms with Crippen molar-refractivity contribution in [2.45, 2.75) is 6.92 Å². The Balaban J connectivity index is 1.89. The molecular weight excluding hydrogens is 314 g/mol. The normalized spacial score (nSPS) is 10.9. The highest BCUT2D eigenvalue weighted by molar-refractivity contribution is 6.11. The molecule has 1 amide bonds. The molecular formula is C20H17N3O2. The Morgan fingerprint density at radius 2 is 1.88 bits per heavy atom. The Bertz CT molecular complexity index is 1070. The number of aromatic amines is 1. The second-order valence-corrected chi connectivity index (χ2v) is 5.64. The van der Waals surface area contributed by atoms with Gasteiger partial charge >= 0.3 is 6.09 Å². The lowest BCUT2D eigenvalue weighted by Gasteiger charge is -2.11. The molecule has 5 nitrogen and oxygen atoms in total. The molecule has 0 atom stereocenters. The van der Waals surface area contributed by atoms with E-state index in [2.05, 4.69) is 21.4 Å². The second-order valence-electron chi connectivity index (χ2n) is 5.64. The summed E-state index contributed by atoms with van der Waals surface area (Å²) in [7, 11) is 0. The van der Waals surface area contributed by atoms with Crippen molar-refractivity contribution in [2.24, 2.45) is 0 Å². The van der Waals surface area contributed by atoms with Gasteiger partial charge in [-0.2, -0.15) is 0 Å². The van der Waals surface area contributed by atoms with E-state index >= 15 is 0 Å². The van der Waals surface area contributed by atoms with Gasteiger partial charge in [-0.25, -0.2) is 4.79 Å². The number of nitrogens with zero attached hydrogens (tertiary/aromatic N) is 1. The largest absolute Gasteiger partial charge is 0.450 e. The molecule has 2 aromatic heterocycles. The zero-order valence-corrected chi connectivity index (χ0v) is 13.7. The van der Waals surface area contributed by atoms with E-state index in [1.165, 1.54) is 0 Å². The summed E-state index contributed by atoms with van der Waals surface area (Å²) < 4.78 is 4.99. The minimum atomic E-state index is -0.473. The van der Waals surface area contributed by atoms with Gasteiger partial charge in [-0.15, -0.1) is 0 Å².